The number of hydrogen-bond donors (Lipinski definition) is 0. The van der Waals surface area contributed by atoms with Crippen LogP contribution < -0.4 is 5.63 Å². The number of fused-ring (bicyclic) bond motifs is 3. The lowest BCUT2D eigenvalue weighted by Gasteiger charge is -2.16. The normalized spacial score (nSPS) is 11.2. The minimum atomic E-state index is -0.457. The molecule has 4 rings (SSSR count). The van der Waals surface area contributed by atoms with Gasteiger partial charge in [0, 0.05) is 16.3 Å². The highest BCUT2D eigenvalue weighted by atomic mass is 16.5. The molecule has 0 bridgehead atoms. The molecule has 0 atom stereocenters. The molecule has 0 aliphatic rings. The minimum absolute atomic E-state index is 0.259. The Morgan fingerprint density at radius 3 is 2.38 bits per heavy atom. The van der Waals surface area contributed by atoms with Crippen LogP contribution in [0, 0.1) is 20.8 Å². The summed E-state index contributed by atoms with van der Waals surface area (Å²) in [4.78, 5) is 26.0. The van der Waals surface area contributed by atoms with Crippen LogP contribution in [0.3, 0.4) is 0 Å². The lowest BCUT2D eigenvalue weighted by molar-refractivity contribution is 0.0526. The zero-order valence-corrected chi connectivity index (χ0v) is 17.0. The van der Waals surface area contributed by atoms with Crippen molar-refractivity contribution in [3.8, 4) is 11.1 Å². The summed E-state index contributed by atoms with van der Waals surface area (Å²) in [6, 6.07) is 15.3. The number of carbonyl (C=O) groups is 1. The summed E-state index contributed by atoms with van der Waals surface area (Å²) in [6.07, 6.45) is 0. The maximum absolute atomic E-state index is 13.1. The van der Waals surface area contributed by atoms with Crippen molar-refractivity contribution in [2.75, 3.05) is 6.61 Å². The number of hydrogen-bond acceptors (Lipinski definition) is 4. The highest BCUT2D eigenvalue weighted by Gasteiger charge is 2.24. The molecule has 4 aromatic rings. The van der Waals surface area contributed by atoms with Gasteiger partial charge in [-0.3, -0.25) is 0 Å². The van der Waals surface area contributed by atoms with E-state index < -0.39 is 11.6 Å². The average molecular weight is 386 g/mol. The smallest absolute Gasteiger partial charge is 0.344 e. The molecule has 0 spiro atoms. The van der Waals surface area contributed by atoms with Gasteiger partial charge in [-0.25, -0.2) is 9.59 Å². The van der Waals surface area contributed by atoms with Gasteiger partial charge in [0.1, 0.15) is 5.58 Å². The molecule has 4 heteroatoms. The Morgan fingerprint density at radius 1 is 0.966 bits per heavy atom. The van der Waals surface area contributed by atoms with Crippen LogP contribution in [-0.4, -0.2) is 12.6 Å². The second-order valence-corrected chi connectivity index (χ2v) is 7.30. The predicted molar refractivity (Wildman–Crippen MR) is 116 cm³/mol. The molecule has 0 saturated carbocycles. The van der Waals surface area contributed by atoms with Crippen molar-refractivity contribution in [2.24, 2.45) is 0 Å². The first-order valence-electron chi connectivity index (χ1n) is 9.66. The van der Waals surface area contributed by atoms with Crippen molar-refractivity contribution in [3.05, 3.63) is 81.2 Å². The molecule has 1 aromatic heterocycles. The SMILES string of the molecule is CCOC(=O)c1c(C)cc2c(c1-c1ccccc1)c(=O)oc1cc(C)cc(C)c12. The van der Waals surface area contributed by atoms with Crippen molar-refractivity contribution in [3.63, 3.8) is 0 Å². The Labute approximate surface area is 168 Å². The van der Waals surface area contributed by atoms with E-state index in [0.717, 1.165) is 33.0 Å². The third kappa shape index (κ3) is 3.11. The van der Waals surface area contributed by atoms with Crippen LogP contribution in [0.2, 0.25) is 0 Å². The first kappa shape index (κ1) is 18.9. The highest BCUT2D eigenvalue weighted by molar-refractivity contribution is 6.16. The van der Waals surface area contributed by atoms with Crippen LogP contribution in [0.25, 0.3) is 32.9 Å². The predicted octanol–water partition coefficient (Wildman–Crippen LogP) is 5.72. The molecule has 0 aliphatic heterocycles. The van der Waals surface area contributed by atoms with E-state index >= 15 is 0 Å². The third-order valence-electron chi connectivity index (χ3n) is 5.19. The molecule has 0 fully saturated rings. The van der Waals surface area contributed by atoms with Gasteiger partial charge in [0.05, 0.1) is 17.6 Å². The molecule has 1 heterocycles. The zero-order valence-electron chi connectivity index (χ0n) is 17.0. The van der Waals surface area contributed by atoms with Crippen LogP contribution in [0.5, 0.6) is 0 Å². The summed E-state index contributed by atoms with van der Waals surface area (Å²) >= 11 is 0. The number of carbonyl (C=O) groups excluding carboxylic acids is 1. The van der Waals surface area contributed by atoms with Crippen LogP contribution in [0.4, 0.5) is 0 Å². The molecule has 4 nitrogen and oxygen atoms in total. The maximum atomic E-state index is 13.1. The second kappa shape index (κ2) is 7.21. The van der Waals surface area contributed by atoms with E-state index in [-0.39, 0.29) is 6.61 Å². The van der Waals surface area contributed by atoms with E-state index in [0.29, 0.717) is 22.1 Å². The van der Waals surface area contributed by atoms with E-state index in [1.54, 1.807) is 6.92 Å². The van der Waals surface area contributed by atoms with Gasteiger partial charge in [0.25, 0.3) is 0 Å². The number of aryl methyl sites for hydroxylation is 3. The minimum Gasteiger partial charge on any atom is -0.462 e. The molecule has 0 aliphatic carbocycles. The molecule has 0 saturated heterocycles. The van der Waals surface area contributed by atoms with Gasteiger partial charge in [0.15, 0.2) is 0 Å². The Bertz CT molecular complexity index is 1310. The van der Waals surface area contributed by atoms with Crippen molar-refractivity contribution in [1.82, 2.24) is 0 Å². The zero-order chi connectivity index (χ0) is 20.7. The van der Waals surface area contributed by atoms with Gasteiger partial charge in [-0.1, -0.05) is 36.4 Å². The number of rotatable bonds is 3. The lowest BCUT2D eigenvalue weighted by Crippen LogP contribution is -2.12. The van der Waals surface area contributed by atoms with E-state index in [2.05, 4.69) is 6.07 Å². The largest absolute Gasteiger partial charge is 0.462 e. The van der Waals surface area contributed by atoms with Crippen molar-refractivity contribution in [1.29, 1.82) is 0 Å². The average Bonchev–Trinajstić information content (AvgIpc) is 2.67. The Hall–Kier alpha value is -3.40. The van der Waals surface area contributed by atoms with E-state index in [1.807, 2.05) is 63.2 Å². The van der Waals surface area contributed by atoms with Gasteiger partial charge in [0.2, 0.25) is 0 Å². The molecule has 0 radical (unpaired) electrons. The fourth-order valence-electron chi connectivity index (χ4n) is 4.09. The monoisotopic (exact) mass is 386 g/mol. The summed E-state index contributed by atoms with van der Waals surface area (Å²) in [7, 11) is 0. The molecule has 146 valence electrons. The van der Waals surface area contributed by atoms with Gasteiger partial charge >= 0.3 is 11.6 Å². The number of ether oxygens (including phenoxy) is 1. The molecule has 29 heavy (non-hydrogen) atoms. The van der Waals surface area contributed by atoms with Crippen LogP contribution in [0.1, 0.15) is 34.0 Å². The van der Waals surface area contributed by atoms with Gasteiger partial charge in [-0.2, -0.15) is 0 Å². The third-order valence-corrected chi connectivity index (χ3v) is 5.19. The number of benzene rings is 3. The topological polar surface area (TPSA) is 56.5 Å². The summed E-state index contributed by atoms with van der Waals surface area (Å²) in [5, 5.41) is 2.09. The standard InChI is InChI=1S/C25H22O4/c1-5-28-24(26)21-16(4)13-18-20-15(3)11-14(2)12-19(20)29-25(27)23(18)22(21)17-9-7-6-8-10-17/h6-13H,5H2,1-4H3. The number of esters is 1. The molecule has 3 aromatic carbocycles. The fourth-order valence-corrected chi connectivity index (χ4v) is 4.09. The van der Waals surface area contributed by atoms with Crippen molar-refractivity contribution in [2.45, 2.75) is 27.7 Å². The van der Waals surface area contributed by atoms with Gasteiger partial charge in [-0.15, -0.1) is 0 Å². The first-order valence-corrected chi connectivity index (χ1v) is 9.66. The molecule has 0 unspecified atom stereocenters. The quantitative estimate of drug-likeness (QED) is 0.257. The summed E-state index contributed by atoms with van der Waals surface area (Å²) in [5.74, 6) is -0.439. The fraction of sp³-hybridized carbons (Fsp3) is 0.200. The molecule has 0 amide bonds. The summed E-state index contributed by atoms with van der Waals surface area (Å²) in [5.41, 5.74) is 4.67. The summed E-state index contributed by atoms with van der Waals surface area (Å²) in [6.45, 7) is 7.88. The Morgan fingerprint density at radius 2 is 1.69 bits per heavy atom. The highest BCUT2D eigenvalue weighted by Crippen LogP contribution is 2.37. The first-order chi connectivity index (χ1) is 13.9. The second-order valence-electron chi connectivity index (χ2n) is 7.30. The van der Waals surface area contributed by atoms with Crippen LogP contribution in [-0.2, 0) is 4.74 Å². The molecular formula is C25H22O4. The summed E-state index contributed by atoms with van der Waals surface area (Å²) < 4.78 is 11.0. The Kier molecular flexibility index (Phi) is 4.71. The van der Waals surface area contributed by atoms with Crippen molar-refractivity contribution < 1.29 is 13.9 Å². The van der Waals surface area contributed by atoms with E-state index in [4.69, 9.17) is 9.15 Å². The van der Waals surface area contributed by atoms with Crippen LogP contribution in [0.15, 0.2) is 57.7 Å². The Balaban J connectivity index is 2.26. The maximum Gasteiger partial charge on any atom is 0.344 e. The molecular weight excluding hydrogens is 364 g/mol. The van der Waals surface area contributed by atoms with Gasteiger partial charge < -0.3 is 9.15 Å². The lowest BCUT2D eigenvalue weighted by atomic mass is 9.89. The van der Waals surface area contributed by atoms with Crippen molar-refractivity contribution >= 4 is 27.7 Å². The van der Waals surface area contributed by atoms with E-state index in [1.165, 1.54) is 0 Å². The van der Waals surface area contributed by atoms with Gasteiger partial charge in [-0.05, 0) is 62.1 Å². The van der Waals surface area contributed by atoms with E-state index in [9.17, 15) is 9.59 Å². The molecule has 0 N–H and O–H groups in total. The van der Waals surface area contributed by atoms with Crippen LogP contribution >= 0.6 is 0 Å².